The number of aliphatic carboxylic acids is 1. The van der Waals surface area contributed by atoms with E-state index < -0.39 is 5.97 Å². The number of carbonyl (C=O) groups is 1. The van der Waals surface area contributed by atoms with E-state index in [1.165, 1.54) is 57.8 Å². The van der Waals surface area contributed by atoms with Gasteiger partial charge < -0.3 is 14.8 Å². The largest absolute Gasteiger partial charge is 1.00 e. The fourth-order valence-electron chi connectivity index (χ4n) is 2.86. The monoisotopic (exact) mass is 318 g/mol. The maximum Gasteiger partial charge on any atom is 1.00 e. The van der Waals surface area contributed by atoms with Gasteiger partial charge in [-0.1, -0.05) is 64.7 Å². The molecule has 1 heterocycles. The Kier molecular flexibility index (Phi) is 14.5. The first-order chi connectivity index (χ1) is 10.2. The predicted octanol–water partition coefficient (Wildman–Crippen LogP) is -0.235. The summed E-state index contributed by atoms with van der Waals surface area (Å²) in [6.07, 6.45) is 14.1. The van der Waals surface area contributed by atoms with Gasteiger partial charge in [0, 0.05) is 13.0 Å². The Morgan fingerprint density at radius 1 is 1.05 bits per heavy atom. The van der Waals surface area contributed by atoms with Gasteiger partial charge in [-0.05, 0) is 6.42 Å². The van der Waals surface area contributed by atoms with Gasteiger partial charge in [-0.25, -0.2) is 0 Å². The zero-order valence-electron chi connectivity index (χ0n) is 14.6. The first-order valence-electron chi connectivity index (χ1n) is 8.72. The standard InChI is InChI=1S/C17H32N2O2.Na/c1-2-3-4-5-6-7-8-9-10-11-12-16-18-13-14-19(16)15-17(20)21;/h2-15H2,1H3,(H,20,21);/q;+1/p-1. The second-order valence-corrected chi connectivity index (χ2v) is 6.02. The number of amidine groups is 1. The summed E-state index contributed by atoms with van der Waals surface area (Å²) in [5.74, 6) is -0.0357. The van der Waals surface area contributed by atoms with Gasteiger partial charge in [0.25, 0.3) is 0 Å². The summed E-state index contributed by atoms with van der Waals surface area (Å²) in [5, 5.41) is 10.6. The van der Waals surface area contributed by atoms with E-state index in [4.69, 9.17) is 0 Å². The van der Waals surface area contributed by atoms with E-state index in [1.54, 1.807) is 0 Å². The topological polar surface area (TPSA) is 55.7 Å². The molecule has 0 bridgehead atoms. The van der Waals surface area contributed by atoms with Crippen LogP contribution in [0.1, 0.15) is 77.6 Å². The van der Waals surface area contributed by atoms with E-state index in [0.29, 0.717) is 0 Å². The summed E-state index contributed by atoms with van der Waals surface area (Å²) in [6, 6.07) is 0. The molecule has 22 heavy (non-hydrogen) atoms. The summed E-state index contributed by atoms with van der Waals surface area (Å²) in [4.78, 5) is 16.9. The van der Waals surface area contributed by atoms with Gasteiger partial charge in [0.1, 0.15) is 0 Å². The molecule has 0 aromatic carbocycles. The van der Waals surface area contributed by atoms with Crippen LogP contribution in [0.15, 0.2) is 4.99 Å². The molecule has 5 heteroatoms. The summed E-state index contributed by atoms with van der Waals surface area (Å²) >= 11 is 0. The average Bonchev–Trinajstić information content (AvgIpc) is 2.87. The first kappa shape index (κ1) is 21.9. The van der Waals surface area contributed by atoms with Crippen molar-refractivity contribution in [1.29, 1.82) is 0 Å². The van der Waals surface area contributed by atoms with Crippen LogP contribution in [0.2, 0.25) is 0 Å². The normalized spacial score (nSPS) is 13.9. The molecule has 0 aromatic heterocycles. The van der Waals surface area contributed by atoms with Crippen LogP contribution < -0.4 is 34.7 Å². The first-order valence-corrected chi connectivity index (χ1v) is 8.72. The van der Waals surface area contributed by atoms with Crippen LogP contribution in [0.5, 0.6) is 0 Å². The van der Waals surface area contributed by atoms with Crippen molar-refractivity contribution in [1.82, 2.24) is 4.90 Å². The number of carboxylic acid groups (broad SMARTS) is 1. The van der Waals surface area contributed by atoms with Gasteiger partial charge >= 0.3 is 29.6 Å². The number of aliphatic imine (C=N–C) groups is 1. The van der Waals surface area contributed by atoms with Crippen molar-refractivity contribution >= 4 is 11.8 Å². The summed E-state index contributed by atoms with van der Waals surface area (Å²) in [6.45, 7) is 3.72. The van der Waals surface area contributed by atoms with Gasteiger partial charge in [-0.2, -0.15) is 0 Å². The van der Waals surface area contributed by atoms with Gasteiger partial charge in [-0.3, -0.25) is 4.99 Å². The van der Waals surface area contributed by atoms with E-state index in [2.05, 4.69) is 11.9 Å². The molecule has 0 radical (unpaired) electrons. The zero-order valence-corrected chi connectivity index (χ0v) is 16.6. The molecular formula is C17H31N2NaO2. The van der Waals surface area contributed by atoms with E-state index in [-0.39, 0.29) is 36.1 Å². The summed E-state index contributed by atoms with van der Waals surface area (Å²) in [7, 11) is 0. The third-order valence-electron chi connectivity index (χ3n) is 4.10. The van der Waals surface area contributed by atoms with Crippen molar-refractivity contribution < 1.29 is 39.5 Å². The Hall–Kier alpha value is -0.0600. The fourth-order valence-corrected chi connectivity index (χ4v) is 2.86. The van der Waals surface area contributed by atoms with E-state index >= 15 is 0 Å². The summed E-state index contributed by atoms with van der Waals surface area (Å²) in [5.41, 5.74) is 0. The van der Waals surface area contributed by atoms with Crippen LogP contribution in [-0.4, -0.2) is 36.3 Å². The number of hydrogen-bond acceptors (Lipinski definition) is 4. The molecule has 0 atom stereocenters. The Morgan fingerprint density at radius 3 is 2.14 bits per heavy atom. The quantitative estimate of drug-likeness (QED) is 0.348. The second-order valence-electron chi connectivity index (χ2n) is 6.02. The minimum absolute atomic E-state index is 0. The minimum atomic E-state index is -1.01. The number of carboxylic acids is 1. The number of nitrogens with zero attached hydrogens (tertiary/aromatic N) is 2. The molecule has 0 N–H and O–H groups in total. The smallest absolute Gasteiger partial charge is 0.548 e. The van der Waals surface area contributed by atoms with Crippen LogP contribution in [0.3, 0.4) is 0 Å². The van der Waals surface area contributed by atoms with E-state index in [1.807, 2.05) is 4.90 Å². The maximum absolute atomic E-state index is 10.6. The molecule has 0 fully saturated rings. The molecule has 4 nitrogen and oxygen atoms in total. The molecule has 0 spiro atoms. The maximum atomic E-state index is 10.6. The Labute approximate surface area is 158 Å². The van der Waals surface area contributed by atoms with Crippen LogP contribution in [0.25, 0.3) is 0 Å². The third-order valence-corrected chi connectivity index (χ3v) is 4.10. The molecule has 0 unspecified atom stereocenters. The van der Waals surface area contributed by atoms with Gasteiger partial charge in [-0.15, -0.1) is 0 Å². The second kappa shape index (κ2) is 14.5. The van der Waals surface area contributed by atoms with Crippen LogP contribution in [0, 0.1) is 0 Å². The Bertz CT molecular complexity index is 322. The third kappa shape index (κ3) is 10.6. The Balaban J connectivity index is 0.00000441. The van der Waals surface area contributed by atoms with Crippen molar-refractivity contribution in [3.8, 4) is 0 Å². The summed E-state index contributed by atoms with van der Waals surface area (Å²) < 4.78 is 0. The minimum Gasteiger partial charge on any atom is -0.548 e. The fraction of sp³-hybridized carbons (Fsp3) is 0.882. The number of rotatable bonds is 13. The molecular weight excluding hydrogens is 287 g/mol. The molecule has 1 aliphatic heterocycles. The van der Waals surface area contributed by atoms with Crippen molar-refractivity contribution in [3.63, 3.8) is 0 Å². The molecule has 1 aliphatic rings. The molecule has 0 amide bonds. The van der Waals surface area contributed by atoms with Gasteiger partial charge in [0.15, 0.2) is 0 Å². The van der Waals surface area contributed by atoms with Crippen molar-refractivity contribution in [2.75, 3.05) is 19.6 Å². The SMILES string of the molecule is CCCCCCCCCCCCC1=NCCN1CC(=O)[O-].[Na+]. The molecule has 0 saturated carbocycles. The predicted molar refractivity (Wildman–Crippen MR) is 85.3 cm³/mol. The molecule has 0 aromatic rings. The molecule has 0 aliphatic carbocycles. The number of unbranched alkanes of at least 4 members (excludes halogenated alkanes) is 9. The van der Waals surface area contributed by atoms with Crippen LogP contribution in [-0.2, 0) is 4.79 Å². The van der Waals surface area contributed by atoms with Crippen LogP contribution >= 0.6 is 0 Å². The zero-order chi connectivity index (χ0) is 15.3. The van der Waals surface area contributed by atoms with E-state index in [0.717, 1.165) is 31.8 Å². The van der Waals surface area contributed by atoms with Crippen molar-refractivity contribution in [2.45, 2.75) is 77.6 Å². The Morgan fingerprint density at radius 2 is 1.59 bits per heavy atom. The average molecular weight is 318 g/mol. The molecule has 1 rings (SSSR count). The number of carbonyl (C=O) groups excluding carboxylic acids is 1. The molecule has 0 saturated heterocycles. The van der Waals surface area contributed by atoms with Crippen molar-refractivity contribution in [2.24, 2.45) is 4.99 Å². The van der Waals surface area contributed by atoms with E-state index in [9.17, 15) is 9.90 Å². The number of hydrogen-bond donors (Lipinski definition) is 0. The van der Waals surface area contributed by atoms with Gasteiger partial charge in [0.05, 0.1) is 24.9 Å². The van der Waals surface area contributed by atoms with Crippen LogP contribution in [0.4, 0.5) is 0 Å². The van der Waals surface area contributed by atoms with Gasteiger partial charge in [0.2, 0.25) is 0 Å². The van der Waals surface area contributed by atoms with Crippen molar-refractivity contribution in [3.05, 3.63) is 0 Å². The molecule has 122 valence electrons.